The molecule has 3 atom stereocenters. The molecule has 2 aromatic carbocycles. The van der Waals surface area contributed by atoms with Gasteiger partial charge in [0, 0.05) is 18.0 Å². The Hall–Kier alpha value is -3.98. The van der Waals surface area contributed by atoms with Crippen molar-refractivity contribution in [3.05, 3.63) is 83.1 Å². The highest BCUT2D eigenvalue weighted by Crippen LogP contribution is 2.38. The summed E-state index contributed by atoms with van der Waals surface area (Å²) in [4.78, 5) is 27.9. The SMILES string of the molecule is COC1=CC(N(CCO)C(=O)c2ccc(OCC(C)(C)NC(=O)OC(C)(C)C)cc2)C([C@@H]2CCc3cc(O)ccc3C2)C=C1. The van der Waals surface area contributed by atoms with E-state index in [9.17, 15) is 19.8 Å². The Balaban J connectivity index is 1.47. The predicted molar refractivity (Wildman–Crippen MR) is 169 cm³/mol. The van der Waals surface area contributed by atoms with Crippen LogP contribution in [0.2, 0.25) is 0 Å². The Kier molecular flexibility index (Phi) is 10.3. The van der Waals surface area contributed by atoms with E-state index < -0.39 is 17.2 Å². The second kappa shape index (κ2) is 13.8. The van der Waals surface area contributed by atoms with Crippen LogP contribution in [-0.2, 0) is 22.3 Å². The molecular weight excluding hydrogens is 560 g/mol. The van der Waals surface area contributed by atoms with Gasteiger partial charge in [-0.25, -0.2) is 4.79 Å². The molecule has 0 saturated carbocycles. The normalized spacial score (nSPS) is 19.8. The van der Waals surface area contributed by atoms with Crippen LogP contribution in [0.25, 0.3) is 0 Å². The van der Waals surface area contributed by atoms with Gasteiger partial charge in [-0.1, -0.05) is 12.1 Å². The van der Waals surface area contributed by atoms with Crippen molar-refractivity contribution in [1.29, 1.82) is 0 Å². The van der Waals surface area contributed by atoms with Crippen LogP contribution in [0.3, 0.4) is 0 Å². The van der Waals surface area contributed by atoms with Crippen LogP contribution in [0, 0.1) is 11.8 Å². The second-order valence-corrected chi connectivity index (χ2v) is 13.2. The number of amides is 2. The van der Waals surface area contributed by atoms with Gasteiger partial charge in [-0.15, -0.1) is 0 Å². The molecule has 0 fully saturated rings. The van der Waals surface area contributed by atoms with Crippen molar-refractivity contribution in [1.82, 2.24) is 10.2 Å². The molecule has 2 aliphatic carbocycles. The smallest absolute Gasteiger partial charge is 0.408 e. The van der Waals surface area contributed by atoms with Crippen LogP contribution in [0.1, 0.15) is 62.5 Å². The second-order valence-electron chi connectivity index (χ2n) is 13.2. The number of phenols is 1. The summed E-state index contributed by atoms with van der Waals surface area (Å²) in [6.45, 7) is 9.29. The molecule has 238 valence electrons. The number of benzene rings is 2. The largest absolute Gasteiger partial charge is 0.508 e. The summed E-state index contributed by atoms with van der Waals surface area (Å²) in [6.07, 6.45) is 8.15. The molecular formula is C35H46N2O7. The number of allylic oxidation sites excluding steroid dienone is 1. The molecule has 2 amide bonds. The number of fused-ring (bicyclic) bond motifs is 1. The lowest BCUT2D eigenvalue weighted by Crippen LogP contribution is -2.49. The number of aromatic hydroxyl groups is 1. The number of ether oxygens (including phenoxy) is 3. The Bertz CT molecular complexity index is 1370. The molecule has 0 spiro atoms. The zero-order valence-electron chi connectivity index (χ0n) is 26.6. The topological polar surface area (TPSA) is 118 Å². The first-order valence-corrected chi connectivity index (χ1v) is 15.2. The van der Waals surface area contributed by atoms with Gasteiger partial charge in [0.05, 0.1) is 25.3 Å². The number of carbonyl (C=O) groups is 2. The van der Waals surface area contributed by atoms with Crippen LogP contribution >= 0.6 is 0 Å². The molecule has 2 aliphatic rings. The first-order valence-electron chi connectivity index (χ1n) is 15.2. The molecule has 2 unspecified atom stereocenters. The number of carbonyl (C=O) groups excluding carboxylic acids is 2. The van der Waals surface area contributed by atoms with Crippen LogP contribution in [0.15, 0.2) is 66.5 Å². The average Bonchev–Trinajstić information content (AvgIpc) is 2.97. The monoisotopic (exact) mass is 606 g/mol. The molecule has 0 aliphatic heterocycles. The summed E-state index contributed by atoms with van der Waals surface area (Å²) in [7, 11) is 1.61. The lowest BCUT2D eigenvalue weighted by Gasteiger charge is -2.41. The minimum absolute atomic E-state index is 0.0219. The number of methoxy groups -OCH3 is 1. The van der Waals surface area contributed by atoms with E-state index >= 15 is 0 Å². The standard InChI is InChI=1S/C35H46N2O7/c1-34(2,3)44-33(41)36-35(4,5)22-43-28-13-10-23(11-14-28)32(40)37(17-18-38)31-21-29(42-6)15-16-30(31)26-8-7-25-20-27(39)12-9-24(25)19-26/h9-16,20-21,26,30-31,38-39H,7-8,17-19,22H2,1-6H3,(H,36,41)/t26-,30?,31?/m1/s1. The summed E-state index contributed by atoms with van der Waals surface area (Å²) in [5.74, 6) is 1.60. The average molecular weight is 607 g/mol. The van der Waals surface area contributed by atoms with Crippen molar-refractivity contribution in [2.24, 2.45) is 11.8 Å². The third-order valence-electron chi connectivity index (χ3n) is 7.95. The maximum atomic E-state index is 13.9. The van der Waals surface area contributed by atoms with Crippen molar-refractivity contribution >= 4 is 12.0 Å². The molecule has 0 saturated heterocycles. The fourth-order valence-electron chi connectivity index (χ4n) is 5.86. The van der Waals surface area contributed by atoms with E-state index in [0.717, 1.165) is 19.3 Å². The van der Waals surface area contributed by atoms with E-state index in [1.54, 1.807) is 63.1 Å². The van der Waals surface area contributed by atoms with Crippen molar-refractivity contribution in [2.75, 3.05) is 26.9 Å². The van der Waals surface area contributed by atoms with Gasteiger partial charge in [-0.2, -0.15) is 0 Å². The first-order chi connectivity index (χ1) is 20.8. The fraction of sp³-hybridized carbons (Fsp3) is 0.486. The van der Waals surface area contributed by atoms with Crippen molar-refractivity contribution in [2.45, 2.75) is 71.1 Å². The number of nitrogens with zero attached hydrogens (tertiary/aromatic N) is 1. The van der Waals surface area contributed by atoms with E-state index in [1.807, 2.05) is 38.1 Å². The number of hydrogen-bond acceptors (Lipinski definition) is 7. The van der Waals surface area contributed by atoms with Crippen molar-refractivity contribution in [3.8, 4) is 11.5 Å². The minimum Gasteiger partial charge on any atom is -0.508 e. The number of rotatable bonds is 10. The molecule has 9 nitrogen and oxygen atoms in total. The summed E-state index contributed by atoms with van der Waals surface area (Å²) in [6, 6.07) is 12.1. The molecule has 4 rings (SSSR count). The zero-order chi connectivity index (χ0) is 32.1. The molecule has 0 aromatic heterocycles. The Morgan fingerprint density at radius 2 is 1.77 bits per heavy atom. The highest BCUT2D eigenvalue weighted by molar-refractivity contribution is 5.94. The third kappa shape index (κ3) is 8.56. The first kappa shape index (κ1) is 32.9. The zero-order valence-corrected chi connectivity index (χ0v) is 26.6. The summed E-state index contributed by atoms with van der Waals surface area (Å²) in [5.41, 5.74) is 1.56. The number of aliphatic hydroxyl groups excluding tert-OH is 1. The van der Waals surface area contributed by atoms with Gasteiger partial charge in [0.2, 0.25) is 0 Å². The van der Waals surface area contributed by atoms with Gasteiger partial charge in [-0.3, -0.25) is 4.79 Å². The molecule has 44 heavy (non-hydrogen) atoms. The third-order valence-corrected chi connectivity index (χ3v) is 7.95. The highest BCUT2D eigenvalue weighted by atomic mass is 16.6. The number of hydrogen-bond donors (Lipinski definition) is 3. The molecule has 3 N–H and O–H groups in total. The maximum absolute atomic E-state index is 13.9. The van der Waals surface area contributed by atoms with Gasteiger partial charge in [0.15, 0.2) is 0 Å². The lowest BCUT2D eigenvalue weighted by molar-refractivity contribution is 0.0440. The van der Waals surface area contributed by atoms with Gasteiger partial charge in [0.1, 0.15) is 29.5 Å². The Morgan fingerprint density at radius 1 is 1.05 bits per heavy atom. The Labute approximate surface area is 260 Å². The van der Waals surface area contributed by atoms with Crippen molar-refractivity contribution < 1.29 is 34.0 Å². The molecule has 0 heterocycles. The highest BCUT2D eigenvalue weighted by Gasteiger charge is 2.37. The summed E-state index contributed by atoms with van der Waals surface area (Å²) in [5, 5.41) is 22.8. The Morgan fingerprint density at radius 3 is 2.43 bits per heavy atom. The summed E-state index contributed by atoms with van der Waals surface area (Å²) >= 11 is 0. The van der Waals surface area contributed by atoms with E-state index in [2.05, 4.69) is 11.4 Å². The van der Waals surface area contributed by atoms with E-state index in [0.29, 0.717) is 17.1 Å². The van der Waals surface area contributed by atoms with E-state index in [4.69, 9.17) is 14.2 Å². The number of aliphatic hydroxyl groups is 1. The van der Waals surface area contributed by atoms with E-state index in [1.165, 1.54) is 11.1 Å². The molecule has 2 aromatic rings. The molecule has 0 radical (unpaired) electrons. The van der Waals surface area contributed by atoms with Crippen molar-refractivity contribution in [3.63, 3.8) is 0 Å². The molecule has 0 bridgehead atoms. The van der Waals surface area contributed by atoms with Gasteiger partial charge in [-0.05, 0) is 119 Å². The van der Waals surface area contributed by atoms with Gasteiger partial charge in [0.25, 0.3) is 5.91 Å². The minimum atomic E-state index is -0.691. The van der Waals surface area contributed by atoms with Gasteiger partial charge >= 0.3 is 6.09 Å². The number of aryl methyl sites for hydroxylation is 1. The van der Waals surface area contributed by atoms with Crippen LogP contribution in [0.5, 0.6) is 11.5 Å². The predicted octanol–water partition coefficient (Wildman–Crippen LogP) is 5.40. The maximum Gasteiger partial charge on any atom is 0.408 e. The summed E-state index contributed by atoms with van der Waals surface area (Å²) < 4.78 is 16.8. The van der Waals surface area contributed by atoms with E-state index in [-0.39, 0.29) is 49.3 Å². The number of nitrogens with one attached hydrogen (secondary N) is 1. The fourth-order valence-corrected chi connectivity index (χ4v) is 5.86. The van der Waals surface area contributed by atoms with Crippen LogP contribution in [0.4, 0.5) is 4.79 Å². The number of phenolic OH excluding ortho intramolecular Hbond substituents is 1. The molecule has 9 heteroatoms. The van der Waals surface area contributed by atoms with Crippen LogP contribution < -0.4 is 10.1 Å². The lowest BCUT2D eigenvalue weighted by atomic mass is 9.72. The quantitative estimate of drug-likeness (QED) is 0.332. The number of alkyl carbamates (subject to hydrolysis) is 1. The van der Waals surface area contributed by atoms with Crippen LogP contribution in [-0.4, -0.2) is 71.2 Å². The van der Waals surface area contributed by atoms with Gasteiger partial charge < -0.3 is 34.6 Å².